The van der Waals surface area contributed by atoms with Crippen molar-refractivity contribution in [2.45, 2.75) is 45.3 Å². The number of nitrogens with one attached hydrogen (secondary N) is 1. The molecule has 1 aliphatic rings. The summed E-state index contributed by atoms with van der Waals surface area (Å²) in [5, 5.41) is 3.54. The van der Waals surface area contributed by atoms with Crippen LogP contribution in [0.25, 0.3) is 0 Å². The van der Waals surface area contributed by atoms with E-state index >= 15 is 0 Å². The van der Waals surface area contributed by atoms with E-state index in [9.17, 15) is 4.39 Å². The third-order valence-corrected chi connectivity index (χ3v) is 4.33. The molecule has 19 heavy (non-hydrogen) atoms. The summed E-state index contributed by atoms with van der Waals surface area (Å²) in [5.74, 6) is -0.192. The van der Waals surface area contributed by atoms with E-state index in [2.05, 4.69) is 40.0 Å². The highest BCUT2D eigenvalue weighted by Gasteiger charge is 2.25. The molecular weight excluding hydrogens is 307 g/mol. The van der Waals surface area contributed by atoms with E-state index < -0.39 is 0 Å². The van der Waals surface area contributed by atoms with Crippen LogP contribution in [-0.4, -0.2) is 30.1 Å². The van der Waals surface area contributed by atoms with E-state index in [1.54, 1.807) is 6.07 Å². The van der Waals surface area contributed by atoms with Gasteiger partial charge in [0.25, 0.3) is 0 Å². The Morgan fingerprint density at radius 1 is 1.47 bits per heavy atom. The summed E-state index contributed by atoms with van der Waals surface area (Å²) in [5.41, 5.74) is 1.17. The van der Waals surface area contributed by atoms with Crippen LogP contribution in [0.1, 0.15) is 32.3 Å². The van der Waals surface area contributed by atoms with Crippen LogP contribution >= 0.6 is 15.9 Å². The highest BCUT2D eigenvalue weighted by atomic mass is 79.9. The smallest absolute Gasteiger partial charge is 0.137 e. The third-order valence-electron chi connectivity index (χ3n) is 3.72. The molecule has 106 valence electrons. The van der Waals surface area contributed by atoms with Crippen molar-refractivity contribution in [3.05, 3.63) is 34.1 Å². The molecule has 1 saturated heterocycles. The first kappa shape index (κ1) is 14.9. The van der Waals surface area contributed by atoms with Gasteiger partial charge in [0.2, 0.25) is 0 Å². The van der Waals surface area contributed by atoms with Crippen molar-refractivity contribution < 1.29 is 4.39 Å². The van der Waals surface area contributed by atoms with Crippen molar-refractivity contribution in [1.82, 2.24) is 10.2 Å². The van der Waals surface area contributed by atoms with Gasteiger partial charge in [-0.15, -0.1) is 0 Å². The molecular formula is C15H22BrFN2. The van der Waals surface area contributed by atoms with Crippen molar-refractivity contribution in [3.8, 4) is 0 Å². The van der Waals surface area contributed by atoms with Gasteiger partial charge in [-0.3, -0.25) is 4.90 Å². The molecule has 0 saturated carbocycles. The van der Waals surface area contributed by atoms with E-state index in [0.717, 1.165) is 19.6 Å². The van der Waals surface area contributed by atoms with Crippen LogP contribution in [0.15, 0.2) is 22.7 Å². The maximum atomic E-state index is 13.3. The molecule has 0 spiro atoms. The summed E-state index contributed by atoms with van der Waals surface area (Å²) in [6.07, 6.45) is 2.41. The first-order valence-corrected chi connectivity index (χ1v) is 7.80. The van der Waals surface area contributed by atoms with Gasteiger partial charge in [0.15, 0.2) is 0 Å². The molecule has 4 heteroatoms. The van der Waals surface area contributed by atoms with Gasteiger partial charge in [-0.25, -0.2) is 4.39 Å². The Kier molecular flexibility index (Phi) is 5.37. The minimum Gasteiger partial charge on any atom is -0.311 e. The number of benzene rings is 1. The second kappa shape index (κ2) is 6.82. The maximum absolute atomic E-state index is 13.3. The van der Waals surface area contributed by atoms with Gasteiger partial charge in [0.05, 0.1) is 4.47 Å². The van der Waals surface area contributed by atoms with E-state index in [-0.39, 0.29) is 5.82 Å². The van der Waals surface area contributed by atoms with Gasteiger partial charge in [-0.2, -0.15) is 0 Å². The standard InChI is InChI=1S/C15H22BrFN2/c1-3-4-13-8-18-11(2)9-19(13)10-12-5-6-15(17)14(16)7-12/h5-7,11,13,18H,3-4,8-10H2,1-2H3. The lowest BCUT2D eigenvalue weighted by Crippen LogP contribution is -2.54. The van der Waals surface area contributed by atoms with Gasteiger partial charge in [-0.05, 0) is 47.0 Å². The van der Waals surface area contributed by atoms with Crippen molar-refractivity contribution in [1.29, 1.82) is 0 Å². The number of hydrogen-bond donors (Lipinski definition) is 1. The Morgan fingerprint density at radius 2 is 2.26 bits per heavy atom. The molecule has 2 nitrogen and oxygen atoms in total. The Balaban J connectivity index is 2.07. The number of nitrogens with zero attached hydrogens (tertiary/aromatic N) is 1. The molecule has 1 aromatic carbocycles. The molecule has 0 aromatic heterocycles. The highest BCUT2D eigenvalue weighted by Crippen LogP contribution is 2.20. The Morgan fingerprint density at radius 3 is 2.95 bits per heavy atom. The van der Waals surface area contributed by atoms with Crippen molar-refractivity contribution in [3.63, 3.8) is 0 Å². The summed E-state index contributed by atoms with van der Waals surface area (Å²) in [6.45, 7) is 7.45. The van der Waals surface area contributed by atoms with E-state index in [0.29, 0.717) is 16.6 Å². The minimum absolute atomic E-state index is 0.192. The SMILES string of the molecule is CCCC1CNC(C)CN1Cc1ccc(F)c(Br)c1. The van der Waals surface area contributed by atoms with Gasteiger partial charge >= 0.3 is 0 Å². The lowest BCUT2D eigenvalue weighted by atomic mass is 10.0. The lowest BCUT2D eigenvalue weighted by Gasteiger charge is -2.39. The topological polar surface area (TPSA) is 15.3 Å². The molecule has 2 rings (SSSR count). The van der Waals surface area contributed by atoms with Crippen LogP contribution in [0.5, 0.6) is 0 Å². The first-order valence-electron chi connectivity index (χ1n) is 7.01. The molecule has 1 aliphatic heterocycles. The molecule has 1 heterocycles. The number of piperazine rings is 1. The fourth-order valence-corrected chi connectivity index (χ4v) is 3.14. The summed E-state index contributed by atoms with van der Waals surface area (Å²) in [7, 11) is 0. The maximum Gasteiger partial charge on any atom is 0.137 e. The summed E-state index contributed by atoms with van der Waals surface area (Å²) < 4.78 is 13.8. The minimum atomic E-state index is -0.192. The lowest BCUT2D eigenvalue weighted by molar-refractivity contribution is 0.120. The second-order valence-corrected chi connectivity index (χ2v) is 6.28. The van der Waals surface area contributed by atoms with Crippen LogP contribution in [-0.2, 0) is 6.54 Å². The van der Waals surface area contributed by atoms with Gasteiger partial charge in [0, 0.05) is 31.7 Å². The van der Waals surface area contributed by atoms with E-state index in [4.69, 9.17) is 0 Å². The third kappa shape index (κ3) is 4.01. The predicted octanol–water partition coefficient (Wildman–Crippen LogP) is 3.55. The summed E-state index contributed by atoms with van der Waals surface area (Å²) in [6, 6.07) is 6.43. The average molecular weight is 329 g/mol. The molecule has 1 fully saturated rings. The number of halogens is 2. The summed E-state index contributed by atoms with van der Waals surface area (Å²) in [4.78, 5) is 2.52. The molecule has 2 atom stereocenters. The molecule has 0 radical (unpaired) electrons. The number of rotatable bonds is 4. The molecule has 1 N–H and O–H groups in total. The normalized spacial score (nSPS) is 24.6. The van der Waals surface area contributed by atoms with Crippen LogP contribution in [0.2, 0.25) is 0 Å². The fraction of sp³-hybridized carbons (Fsp3) is 0.600. The molecule has 2 unspecified atom stereocenters. The van der Waals surface area contributed by atoms with Crippen LogP contribution in [0.3, 0.4) is 0 Å². The van der Waals surface area contributed by atoms with Gasteiger partial charge in [-0.1, -0.05) is 19.4 Å². The monoisotopic (exact) mass is 328 g/mol. The average Bonchev–Trinajstić information content (AvgIpc) is 2.37. The zero-order valence-corrected chi connectivity index (χ0v) is 13.2. The molecule has 0 aliphatic carbocycles. The van der Waals surface area contributed by atoms with Gasteiger partial charge in [0.1, 0.15) is 5.82 Å². The van der Waals surface area contributed by atoms with Crippen LogP contribution in [0.4, 0.5) is 4.39 Å². The van der Waals surface area contributed by atoms with Crippen molar-refractivity contribution in [2.24, 2.45) is 0 Å². The largest absolute Gasteiger partial charge is 0.311 e. The van der Waals surface area contributed by atoms with E-state index in [1.807, 2.05) is 12.1 Å². The molecule has 0 amide bonds. The molecule has 1 aromatic rings. The zero-order valence-electron chi connectivity index (χ0n) is 11.6. The highest BCUT2D eigenvalue weighted by molar-refractivity contribution is 9.10. The van der Waals surface area contributed by atoms with Crippen LogP contribution < -0.4 is 5.32 Å². The fourth-order valence-electron chi connectivity index (χ4n) is 2.72. The first-order chi connectivity index (χ1) is 9.10. The summed E-state index contributed by atoms with van der Waals surface area (Å²) >= 11 is 3.26. The van der Waals surface area contributed by atoms with Crippen LogP contribution in [0, 0.1) is 5.82 Å². The Labute approximate surface area is 123 Å². The van der Waals surface area contributed by atoms with E-state index in [1.165, 1.54) is 18.4 Å². The predicted molar refractivity (Wildman–Crippen MR) is 80.7 cm³/mol. The Bertz CT molecular complexity index is 425. The van der Waals surface area contributed by atoms with Crippen molar-refractivity contribution in [2.75, 3.05) is 13.1 Å². The zero-order chi connectivity index (χ0) is 13.8. The van der Waals surface area contributed by atoms with Gasteiger partial charge < -0.3 is 5.32 Å². The second-order valence-electron chi connectivity index (χ2n) is 5.43. The van der Waals surface area contributed by atoms with Crippen molar-refractivity contribution >= 4 is 15.9 Å². The quantitative estimate of drug-likeness (QED) is 0.909. The Hall–Kier alpha value is -0.450. The molecule has 0 bridgehead atoms. The number of hydrogen-bond acceptors (Lipinski definition) is 2.